The standard InChI is InChI=1S/C8H24O5Si3/c1-10-16(8-9,11-2)13-15(6,7)12-14(3,4)5/h9H,8H2,1-7H3. The van der Waals surface area contributed by atoms with Gasteiger partial charge in [-0.2, -0.15) is 0 Å². The number of hydrogen-bond acceptors (Lipinski definition) is 5. The van der Waals surface area contributed by atoms with E-state index >= 15 is 0 Å². The summed E-state index contributed by atoms with van der Waals surface area (Å²) in [4.78, 5) is 0. The van der Waals surface area contributed by atoms with E-state index in [1.54, 1.807) is 0 Å². The van der Waals surface area contributed by atoms with Gasteiger partial charge in [-0.25, -0.2) is 0 Å². The van der Waals surface area contributed by atoms with Crippen molar-refractivity contribution in [1.82, 2.24) is 0 Å². The normalized spacial score (nSPS) is 14.2. The van der Waals surface area contributed by atoms with E-state index in [1.165, 1.54) is 14.2 Å². The summed E-state index contributed by atoms with van der Waals surface area (Å²) < 4.78 is 22.3. The lowest BCUT2D eigenvalue weighted by atomic mass is 11.7. The Morgan fingerprint density at radius 2 is 1.31 bits per heavy atom. The van der Waals surface area contributed by atoms with Gasteiger partial charge in [-0.05, 0) is 32.7 Å². The van der Waals surface area contributed by atoms with Crippen LogP contribution in [-0.4, -0.2) is 51.2 Å². The van der Waals surface area contributed by atoms with Crippen LogP contribution in [0.2, 0.25) is 32.7 Å². The van der Waals surface area contributed by atoms with Crippen molar-refractivity contribution in [3.63, 3.8) is 0 Å². The fourth-order valence-corrected chi connectivity index (χ4v) is 12.2. The lowest BCUT2D eigenvalue weighted by molar-refractivity contribution is 0.115. The van der Waals surface area contributed by atoms with E-state index in [2.05, 4.69) is 19.6 Å². The van der Waals surface area contributed by atoms with Crippen LogP contribution in [0.15, 0.2) is 0 Å². The van der Waals surface area contributed by atoms with E-state index in [0.29, 0.717) is 0 Å². The van der Waals surface area contributed by atoms with Crippen molar-refractivity contribution in [2.24, 2.45) is 0 Å². The van der Waals surface area contributed by atoms with Crippen LogP contribution < -0.4 is 0 Å². The molecule has 0 rings (SSSR count). The van der Waals surface area contributed by atoms with Crippen molar-refractivity contribution in [3.8, 4) is 0 Å². The van der Waals surface area contributed by atoms with Gasteiger partial charge in [-0.1, -0.05) is 0 Å². The highest BCUT2D eigenvalue weighted by atomic mass is 28.5. The fourth-order valence-electron chi connectivity index (χ4n) is 1.46. The third kappa shape index (κ3) is 5.68. The van der Waals surface area contributed by atoms with Crippen molar-refractivity contribution >= 4 is 25.7 Å². The molecule has 0 amide bonds. The fraction of sp³-hybridized carbons (Fsp3) is 1.00. The molecule has 0 aliphatic heterocycles. The summed E-state index contributed by atoms with van der Waals surface area (Å²) in [5.41, 5.74) is 0. The summed E-state index contributed by atoms with van der Waals surface area (Å²) in [5, 5.41) is 9.30. The smallest absolute Gasteiger partial charge is 0.437 e. The highest BCUT2D eigenvalue weighted by Crippen LogP contribution is 2.20. The first-order chi connectivity index (χ1) is 7.10. The molecule has 0 saturated heterocycles. The first-order valence-corrected chi connectivity index (χ1v) is 13.4. The van der Waals surface area contributed by atoms with Gasteiger partial charge in [0.25, 0.3) is 0 Å². The molecule has 16 heavy (non-hydrogen) atoms. The minimum Gasteiger partial charge on any atom is -0.437 e. The highest BCUT2D eigenvalue weighted by Gasteiger charge is 2.46. The second-order valence-electron chi connectivity index (χ2n) is 4.97. The van der Waals surface area contributed by atoms with Crippen LogP contribution in [0.3, 0.4) is 0 Å². The maximum absolute atomic E-state index is 9.30. The molecule has 0 aromatic heterocycles. The number of hydrogen-bond donors (Lipinski definition) is 1. The van der Waals surface area contributed by atoms with Gasteiger partial charge < -0.3 is 22.2 Å². The van der Waals surface area contributed by atoms with Crippen LogP contribution in [-0.2, 0) is 17.1 Å². The Labute approximate surface area is 101 Å². The van der Waals surface area contributed by atoms with Gasteiger partial charge in [0.1, 0.15) is 6.23 Å². The van der Waals surface area contributed by atoms with Crippen LogP contribution >= 0.6 is 0 Å². The summed E-state index contributed by atoms with van der Waals surface area (Å²) in [6.45, 7) is 10.2. The average Bonchev–Trinajstić information content (AvgIpc) is 2.10. The Morgan fingerprint density at radius 1 is 0.875 bits per heavy atom. The minimum atomic E-state index is -2.94. The number of aliphatic hydroxyl groups is 1. The topological polar surface area (TPSA) is 57.2 Å². The van der Waals surface area contributed by atoms with E-state index in [-0.39, 0.29) is 6.23 Å². The molecule has 0 aliphatic rings. The zero-order valence-electron chi connectivity index (χ0n) is 11.3. The van der Waals surface area contributed by atoms with Crippen molar-refractivity contribution in [3.05, 3.63) is 0 Å². The lowest BCUT2D eigenvalue weighted by Crippen LogP contribution is -2.58. The van der Waals surface area contributed by atoms with Crippen molar-refractivity contribution in [1.29, 1.82) is 0 Å². The summed E-state index contributed by atoms with van der Waals surface area (Å²) in [5.74, 6) is 0. The molecule has 0 unspecified atom stereocenters. The summed E-state index contributed by atoms with van der Waals surface area (Å²) in [7, 11) is -3.94. The molecular formula is C8H24O5Si3. The maximum Gasteiger partial charge on any atom is 0.518 e. The van der Waals surface area contributed by atoms with Gasteiger partial charge in [0, 0.05) is 14.2 Å². The Kier molecular flexibility index (Phi) is 6.03. The summed E-state index contributed by atoms with van der Waals surface area (Å²) in [6.07, 6.45) is -0.231. The van der Waals surface area contributed by atoms with Crippen LogP contribution in [0.25, 0.3) is 0 Å². The van der Waals surface area contributed by atoms with Gasteiger partial charge >= 0.3 is 17.4 Å². The zero-order chi connectivity index (χ0) is 13.0. The molecule has 0 heterocycles. The third-order valence-corrected chi connectivity index (χ3v) is 11.0. The van der Waals surface area contributed by atoms with Gasteiger partial charge in [0.05, 0.1) is 0 Å². The third-order valence-electron chi connectivity index (χ3n) is 1.77. The van der Waals surface area contributed by atoms with Crippen molar-refractivity contribution in [2.45, 2.75) is 32.7 Å². The molecule has 0 aliphatic carbocycles. The summed E-state index contributed by atoms with van der Waals surface area (Å²) in [6, 6.07) is 0. The molecule has 0 saturated carbocycles. The first kappa shape index (κ1) is 16.5. The molecule has 0 aromatic rings. The van der Waals surface area contributed by atoms with E-state index < -0.39 is 25.7 Å². The van der Waals surface area contributed by atoms with Crippen LogP contribution in [0, 0.1) is 0 Å². The molecule has 8 heteroatoms. The quantitative estimate of drug-likeness (QED) is 0.715. The lowest BCUT2D eigenvalue weighted by Gasteiger charge is -2.36. The molecular weight excluding hydrogens is 260 g/mol. The van der Waals surface area contributed by atoms with Crippen LogP contribution in [0.5, 0.6) is 0 Å². The van der Waals surface area contributed by atoms with Crippen LogP contribution in [0.4, 0.5) is 0 Å². The number of rotatable bonds is 7. The Balaban J connectivity index is 4.66. The Morgan fingerprint density at radius 3 is 1.56 bits per heavy atom. The monoisotopic (exact) mass is 284 g/mol. The van der Waals surface area contributed by atoms with Gasteiger partial charge in [-0.15, -0.1) is 0 Å². The largest absolute Gasteiger partial charge is 0.518 e. The molecule has 98 valence electrons. The van der Waals surface area contributed by atoms with Gasteiger partial charge in [0.15, 0.2) is 8.32 Å². The molecule has 1 N–H and O–H groups in total. The SMILES string of the molecule is CO[Si](CO)(OC)O[Si](C)(C)O[Si](C)(C)C. The average molecular weight is 285 g/mol. The predicted molar refractivity (Wildman–Crippen MR) is 69.9 cm³/mol. The van der Waals surface area contributed by atoms with Gasteiger partial charge in [0.2, 0.25) is 0 Å². The minimum absolute atomic E-state index is 0.231. The molecule has 5 nitrogen and oxygen atoms in total. The summed E-state index contributed by atoms with van der Waals surface area (Å²) >= 11 is 0. The second kappa shape index (κ2) is 5.87. The van der Waals surface area contributed by atoms with E-state index in [0.717, 1.165) is 0 Å². The zero-order valence-corrected chi connectivity index (χ0v) is 14.3. The Bertz CT molecular complexity index is 204. The molecule has 0 radical (unpaired) electrons. The number of aliphatic hydroxyl groups excluding tert-OH is 1. The van der Waals surface area contributed by atoms with E-state index in [9.17, 15) is 5.11 Å². The maximum atomic E-state index is 9.30. The second-order valence-corrected chi connectivity index (χ2v) is 16.1. The molecule has 0 bridgehead atoms. The van der Waals surface area contributed by atoms with Crippen molar-refractivity contribution in [2.75, 3.05) is 20.4 Å². The van der Waals surface area contributed by atoms with Crippen molar-refractivity contribution < 1.29 is 22.2 Å². The molecule has 0 aromatic carbocycles. The van der Waals surface area contributed by atoms with E-state index in [4.69, 9.17) is 17.1 Å². The molecule has 0 spiro atoms. The Hall–Kier alpha value is 0.451. The highest BCUT2D eigenvalue weighted by molar-refractivity contribution is 6.85. The molecule has 0 fully saturated rings. The van der Waals surface area contributed by atoms with Gasteiger partial charge in [-0.3, -0.25) is 0 Å². The first-order valence-electron chi connectivity index (χ1n) is 5.21. The predicted octanol–water partition coefficient (Wildman–Crippen LogP) is 1.32. The van der Waals surface area contributed by atoms with Crippen LogP contribution in [0.1, 0.15) is 0 Å². The molecule has 0 atom stereocenters. The van der Waals surface area contributed by atoms with E-state index in [1.807, 2.05) is 13.1 Å².